The molecule has 168 valence electrons. The molecule has 1 aromatic carbocycles. The highest BCUT2D eigenvalue weighted by Gasteiger charge is 2.73. The average Bonchev–Trinajstić information content (AvgIpc) is 3.37. The molecule has 1 aromatic rings. The molecule has 3 saturated heterocycles. The molecule has 1 spiro atoms. The Morgan fingerprint density at radius 2 is 2.06 bits per heavy atom. The number of fused-ring (bicyclic) bond motifs is 1. The van der Waals surface area contributed by atoms with Gasteiger partial charge in [0.15, 0.2) is 0 Å². The van der Waals surface area contributed by atoms with Crippen LogP contribution in [-0.4, -0.2) is 63.5 Å². The number of β-amino-alcohol motifs (C(OH)–C–C–N with tert-alkyl or cyclic N) is 1. The predicted molar refractivity (Wildman–Crippen MR) is 121 cm³/mol. The lowest BCUT2D eigenvalue weighted by atomic mass is 9.70. The van der Waals surface area contributed by atoms with Gasteiger partial charge in [-0.05, 0) is 50.3 Å². The molecule has 31 heavy (non-hydrogen) atoms. The van der Waals surface area contributed by atoms with E-state index in [-0.39, 0.29) is 36.1 Å². The molecule has 3 heterocycles. The number of anilines is 1. The molecule has 5 atom stereocenters. The zero-order valence-electron chi connectivity index (χ0n) is 18.3. The Hall–Kier alpha value is -2.06. The summed E-state index contributed by atoms with van der Waals surface area (Å²) in [7, 11) is 0. The molecule has 2 unspecified atom stereocenters. The maximum atomic E-state index is 13.6. The molecule has 0 aliphatic carbocycles. The van der Waals surface area contributed by atoms with Gasteiger partial charge in [-0.3, -0.25) is 14.4 Å². The van der Waals surface area contributed by atoms with Gasteiger partial charge in [-0.1, -0.05) is 19.1 Å². The van der Waals surface area contributed by atoms with E-state index in [0.29, 0.717) is 6.54 Å². The van der Waals surface area contributed by atoms with E-state index in [1.165, 1.54) is 4.90 Å². The lowest BCUT2D eigenvalue weighted by molar-refractivity contribution is -0.139. The summed E-state index contributed by atoms with van der Waals surface area (Å²) in [6, 6.07) is 5.18. The van der Waals surface area contributed by atoms with Crippen LogP contribution >= 0.6 is 11.8 Å². The Labute approximate surface area is 187 Å². The summed E-state index contributed by atoms with van der Waals surface area (Å²) in [5.41, 5.74) is 2.72. The van der Waals surface area contributed by atoms with Crippen LogP contribution in [0.3, 0.4) is 0 Å². The third-order valence-corrected chi connectivity index (χ3v) is 8.84. The van der Waals surface area contributed by atoms with Crippen LogP contribution in [0.5, 0.6) is 0 Å². The minimum Gasteiger partial charge on any atom is -0.395 e. The molecular formula is C23H31N3O4S. The first-order valence-electron chi connectivity index (χ1n) is 11.1. The maximum absolute atomic E-state index is 13.6. The van der Waals surface area contributed by atoms with E-state index in [1.807, 2.05) is 39.0 Å². The lowest BCUT2D eigenvalue weighted by Gasteiger charge is -2.34. The number of nitrogens with zero attached hydrogens (tertiary/aromatic N) is 1. The van der Waals surface area contributed by atoms with Crippen molar-refractivity contribution in [1.82, 2.24) is 10.2 Å². The van der Waals surface area contributed by atoms with Gasteiger partial charge in [0.25, 0.3) is 0 Å². The number of thioether (sulfide) groups is 1. The predicted octanol–water partition coefficient (Wildman–Crippen LogP) is 1.85. The quantitative estimate of drug-likeness (QED) is 0.595. The minimum atomic E-state index is -0.698. The van der Waals surface area contributed by atoms with Crippen LogP contribution in [0.15, 0.2) is 18.2 Å². The summed E-state index contributed by atoms with van der Waals surface area (Å²) < 4.78 is -0.618. The van der Waals surface area contributed by atoms with E-state index < -0.39 is 22.6 Å². The van der Waals surface area contributed by atoms with E-state index in [1.54, 1.807) is 11.8 Å². The fraction of sp³-hybridized carbons (Fsp3) is 0.609. The van der Waals surface area contributed by atoms with Gasteiger partial charge in [0.2, 0.25) is 17.7 Å². The summed E-state index contributed by atoms with van der Waals surface area (Å²) in [5, 5.41) is 15.7. The number of aliphatic hydroxyl groups is 1. The fourth-order valence-corrected chi connectivity index (χ4v) is 7.76. The molecule has 3 aliphatic heterocycles. The Morgan fingerprint density at radius 3 is 2.77 bits per heavy atom. The number of aryl methyl sites for hydroxylation is 2. The van der Waals surface area contributed by atoms with Gasteiger partial charge in [0.05, 0.1) is 23.2 Å². The van der Waals surface area contributed by atoms with Crippen molar-refractivity contribution in [3.8, 4) is 0 Å². The van der Waals surface area contributed by atoms with Gasteiger partial charge < -0.3 is 20.6 Å². The number of nitrogens with one attached hydrogen (secondary N) is 2. The van der Waals surface area contributed by atoms with Crippen molar-refractivity contribution >= 4 is 35.2 Å². The van der Waals surface area contributed by atoms with Crippen molar-refractivity contribution < 1.29 is 19.5 Å². The van der Waals surface area contributed by atoms with Gasteiger partial charge in [-0.25, -0.2) is 0 Å². The van der Waals surface area contributed by atoms with Gasteiger partial charge in [-0.15, -0.1) is 11.8 Å². The van der Waals surface area contributed by atoms with Crippen LogP contribution in [0.2, 0.25) is 0 Å². The first-order chi connectivity index (χ1) is 14.8. The number of hydrogen-bond acceptors (Lipinski definition) is 5. The monoisotopic (exact) mass is 445 g/mol. The van der Waals surface area contributed by atoms with Crippen LogP contribution in [0.1, 0.15) is 37.3 Å². The molecule has 3 fully saturated rings. The average molecular weight is 446 g/mol. The zero-order valence-corrected chi connectivity index (χ0v) is 19.1. The second-order valence-electron chi connectivity index (χ2n) is 8.91. The van der Waals surface area contributed by atoms with Crippen LogP contribution < -0.4 is 10.6 Å². The molecule has 3 N–H and O–H groups in total. The summed E-state index contributed by atoms with van der Waals surface area (Å²) in [6.45, 7) is 6.35. The third-order valence-electron chi connectivity index (χ3n) is 6.89. The smallest absolute Gasteiger partial charge is 0.248 e. The second-order valence-corrected chi connectivity index (χ2v) is 10.5. The van der Waals surface area contributed by atoms with Gasteiger partial charge in [0, 0.05) is 24.0 Å². The third kappa shape index (κ3) is 3.53. The Bertz CT molecular complexity index is 907. The van der Waals surface area contributed by atoms with E-state index in [4.69, 9.17) is 0 Å². The van der Waals surface area contributed by atoms with Crippen molar-refractivity contribution in [3.63, 3.8) is 0 Å². The molecule has 7 nitrogen and oxygen atoms in total. The van der Waals surface area contributed by atoms with Gasteiger partial charge in [0.1, 0.15) is 6.04 Å². The highest BCUT2D eigenvalue weighted by molar-refractivity contribution is 8.02. The molecule has 4 rings (SSSR count). The highest BCUT2D eigenvalue weighted by Crippen LogP contribution is 2.66. The van der Waals surface area contributed by atoms with Crippen molar-refractivity contribution in [3.05, 3.63) is 29.3 Å². The van der Waals surface area contributed by atoms with Gasteiger partial charge >= 0.3 is 0 Å². The number of likely N-dealkylation sites (tertiary alicyclic amines) is 1. The molecule has 0 radical (unpaired) electrons. The second kappa shape index (κ2) is 8.47. The van der Waals surface area contributed by atoms with Crippen LogP contribution in [0.4, 0.5) is 5.69 Å². The number of amides is 3. The standard InChI is InChI=1S/C23H31N3O4S/c1-4-9-24-20(28)17-16-7-8-23(31-16)18(17)22(30)26(10-11-27)19(23)21(29)25-15-12-13(2)5-6-14(15)3/h5-6,12,16-19,27H,4,7-11H2,1-3H3,(H,24,28)(H,25,29)/t16-,17+,18+,19?,23?/m1/s1. The topological polar surface area (TPSA) is 98.7 Å². The van der Waals surface area contributed by atoms with Crippen molar-refractivity contribution in [2.75, 3.05) is 25.0 Å². The van der Waals surface area contributed by atoms with Crippen molar-refractivity contribution in [2.24, 2.45) is 11.8 Å². The molecule has 0 saturated carbocycles. The van der Waals surface area contributed by atoms with Crippen molar-refractivity contribution in [2.45, 2.75) is 56.1 Å². The maximum Gasteiger partial charge on any atom is 0.248 e. The minimum absolute atomic E-state index is 0.0538. The van der Waals surface area contributed by atoms with Crippen LogP contribution in [-0.2, 0) is 14.4 Å². The molecule has 0 aromatic heterocycles. The molecule has 8 heteroatoms. The highest BCUT2D eigenvalue weighted by atomic mass is 32.2. The fourth-order valence-electron chi connectivity index (χ4n) is 5.54. The number of carbonyl (C=O) groups is 3. The van der Waals surface area contributed by atoms with Crippen molar-refractivity contribution in [1.29, 1.82) is 0 Å². The van der Waals surface area contributed by atoms with Gasteiger partial charge in [-0.2, -0.15) is 0 Å². The van der Waals surface area contributed by atoms with E-state index in [2.05, 4.69) is 10.6 Å². The number of rotatable bonds is 7. The summed E-state index contributed by atoms with van der Waals surface area (Å²) in [5.74, 6) is -1.44. The zero-order chi connectivity index (χ0) is 22.3. The molecule has 3 amide bonds. The first-order valence-corrected chi connectivity index (χ1v) is 12.0. The number of hydrogen-bond donors (Lipinski definition) is 3. The Kier molecular flexibility index (Phi) is 6.05. The largest absolute Gasteiger partial charge is 0.395 e. The van der Waals surface area contributed by atoms with Crippen LogP contribution in [0, 0.1) is 25.7 Å². The Balaban J connectivity index is 1.67. The number of carbonyl (C=O) groups excluding carboxylic acids is 3. The number of benzene rings is 1. The van der Waals surface area contributed by atoms with E-state index in [0.717, 1.165) is 36.1 Å². The SMILES string of the molecule is CCCNC(=O)[C@@H]1[C@H]2C(=O)N(CCO)C(C(=O)Nc3cc(C)ccc3C)C23CC[C@H]1S3. The summed E-state index contributed by atoms with van der Waals surface area (Å²) >= 11 is 1.64. The van der Waals surface area contributed by atoms with E-state index in [9.17, 15) is 19.5 Å². The summed E-state index contributed by atoms with van der Waals surface area (Å²) in [4.78, 5) is 41.5. The first kappa shape index (κ1) is 22.1. The normalized spacial score (nSPS) is 31.1. The number of aliphatic hydroxyl groups excluding tert-OH is 1. The molecule has 3 aliphatic rings. The summed E-state index contributed by atoms with van der Waals surface area (Å²) in [6.07, 6.45) is 2.37. The van der Waals surface area contributed by atoms with E-state index >= 15 is 0 Å². The lowest BCUT2D eigenvalue weighted by Crippen LogP contribution is -2.52. The Morgan fingerprint density at radius 1 is 1.29 bits per heavy atom. The molecule has 2 bridgehead atoms. The van der Waals surface area contributed by atoms with Crippen LogP contribution in [0.25, 0.3) is 0 Å². The molecular weight excluding hydrogens is 414 g/mol.